The predicted octanol–water partition coefficient (Wildman–Crippen LogP) is 4.89. The number of para-hydroxylation sites is 2. The first-order chi connectivity index (χ1) is 14.0. The average molecular weight is 393 g/mol. The zero-order valence-corrected chi connectivity index (χ0v) is 18.4. The maximum atomic E-state index is 5.05. The van der Waals surface area contributed by atoms with E-state index >= 15 is 0 Å². The van der Waals surface area contributed by atoms with E-state index in [1.54, 1.807) is 11.1 Å². The lowest BCUT2D eigenvalue weighted by Gasteiger charge is -2.40. The van der Waals surface area contributed by atoms with E-state index in [0.717, 1.165) is 13.1 Å². The molecule has 156 valence electrons. The van der Waals surface area contributed by atoms with E-state index in [1.165, 1.54) is 68.6 Å². The summed E-state index contributed by atoms with van der Waals surface area (Å²) in [5, 5.41) is 3.43. The molecule has 0 atom stereocenters. The summed E-state index contributed by atoms with van der Waals surface area (Å²) in [5.41, 5.74) is 6.26. The maximum Gasteiger partial charge on any atom is 0.115 e. The molecule has 1 aromatic carbocycles. The van der Waals surface area contributed by atoms with E-state index in [2.05, 4.69) is 59.8 Å². The van der Waals surface area contributed by atoms with E-state index in [1.807, 2.05) is 0 Å². The highest BCUT2D eigenvalue weighted by atomic mass is 15.2. The number of nitrogens with one attached hydrogen (secondary N) is 1. The van der Waals surface area contributed by atoms with E-state index < -0.39 is 0 Å². The second kappa shape index (κ2) is 7.55. The fourth-order valence-electron chi connectivity index (χ4n) is 5.79. The first-order valence-electron chi connectivity index (χ1n) is 11.6. The molecule has 5 rings (SSSR count). The van der Waals surface area contributed by atoms with Crippen LogP contribution >= 0.6 is 0 Å². The first kappa shape index (κ1) is 19.3. The third-order valence-corrected chi connectivity index (χ3v) is 7.76. The van der Waals surface area contributed by atoms with Crippen molar-refractivity contribution < 1.29 is 0 Å². The largest absolute Gasteiger partial charge is 0.324 e. The summed E-state index contributed by atoms with van der Waals surface area (Å²) in [6, 6.07) is 9.31. The van der Waals surface area contributed by atoms with Crippen LogP contribution in [0, 0.1) is 5.41 Å². The SMILES string of the molecule is CC1=C(CN2CCC(n3c(C4CNC4)nc4ccccc43)CC2)C(C)(C)CCC1. The summed E-state index contributed by atoms with van der Waals surface area (Å²) in [6.07, 6.45) is 6.47. The second-order valence-electron chi connectivity index (χ2n) is 10.2. The first-order valence-corrected chi connectivity index (χ1v) is 11.6. The third kappa shape index (κ3) is 3.55. The molecule has 2 fully saturated rings. The van der Waals surface area contributed by atoms with Crippen molar-refractivity contribution >= 4 is 11.0 Å². The summed E-state index contributed by atoms with van der Waals surface area (Å²) in [7, 11) is 0. The number of allylic oxidation sites excluding steroid dienone is 1. The van der Waals surface area contributed by atoms with Crippen LogP contribution in [0.3, 0.4) is 0 Å². The fraction of sp³-hybridized carbons (Fsp3) is 0.640. The molecule has 1 aromatic heterocycles. The molecule has 1 aliphatic carbocycles. The smallest absolute Gasteiger partial charge is 0.115 e. The number of likely N-dealkylation sites (tertiary alicyclic amines) is 1. The molecule has 4 nitrogen and oxygen atoms in total. The number of hydrogen-bond donors (Lipinski definition) is 1. The number of fused-ring (bicyclic) bond motifs is 1. The van der Waals surface area contributed by atoms with Gasteiger partial charge in [0, 0.05) is 44.7 Å². The highest BCUT2D eigenvalue weighted by molar-refractivity contribution is 5.76. The quantitative estimate of drug-likeness (QED) is 0.752. The maximum absolute atomic E-state index is 5.05. The number of benzene rings is 1. The molecular formula is C25H36N4. The van der Waals surface area contributed by atoms with Gasteiger partial charge in [0.25, 0.3) is 0 Å². The molecule has 0 saturated carbocycles. The Morgan fingerprint density at radius 2 is 1.90 bits per heavy atom. The molecule has 0 unspecified atom stereocenters. The van der Waals surface area contributed by atoms with Gasteiger partial charge in [-0.2, -0.15) is 0 Å². The van der Waals surface area contributed by atoms with Crippen molar-refractivity contribution in [2.45, 2.75) is 64.8 Å². The van der Waals surface area contributed by atoms with E-state index in [9.17, 15) is 0 Å². The molecule has 0 bridgehead atoms. The zero-order chi connectivity index (χ0) is 20.0. The molecule has 4 heteroatoms. The van der Waals surface area contributed by atoms with Gasteiger partial charge in [-0.3, -0.25) is 4.90 Å². The number of imidazole rings is 1. The number of nitrogens with zero attached hydrogens (tertiary/aromatic N) is 3. The highest BCUT2D eigenvalue weighted by Crippen LogP contribution is 2.41. The normalized spacial score (nSPS) is 24.2. The van der Waals surface area contributed by atoms with Gasteiger partial charge in [0.1, 0.15) is 5.82 Å². The highest BCUT2D eigenvalue weighted by Gasteiger charge is 2.33. The standard InChI is InChI=1S/C25H36N4/c1-18-7-6-12-25(2,3)21(18)17-28-13-10-20(11-14-28)29-23-9-5-4-8-22(23)27-24(29)19-15-26-16-19/h4-5,8-9,19-20,26H,6-7,10-17H2,1-3H3. The molecule has 3 aliphatic rings. The summed E-state index contributed by atoms with van der Waals surface area (Å²) in [6.45, 7) is 13.0. The Morgan fingerprint density at radius 3 is 2.59 bits per heavy atom. The Labute approximate surface area is 175 Å². The van der Waals surface area contributed by atoms with Gasteiger partial charge in [0.05, 0.1) is 11.0 Å². The van der Waals surface area contributed by atoms with Crippen LogP contribution in [0.1, 0.15) is 70.7 Å². The molecule has 0 amide bonds. The Balaban J connectivity index is 1.34. The minimum atomic E-state index is 0.379. The van der Waals surface area contributed by atoms with Gasteiger partial charge < -0.3 is 9.88 Å². The van der Waals surface area contributed by atoms with Crippen molar-refractivity contribution in [2.75, 3.05) is 32.7 Å². The van der Waals surface area contributed by atoms with E-state index in [-0.39, 0.29) is 0 Å². The van der Waals surface area contributed by atoms with Gasteiger partial charge in [0.2, 0.25) is 0 Å². The van der Waals surface area contributed by atoms with E-state index in [4.69, 9.17) is 4.98 Å². The van der Waals surface area contributed by atoms with Crippen LogP contribution in [0.5, 0.6) is 0 Å². The van der Waals surface area contributed by atoms with Gasteiger partial charge in [0.15, 0.2) is 0 Å². The van der Waals surface area contributed by atoms with Crippen LogP contribution in [0.2, 0.25) is 0 Å². The molecule has 1 N–H and O–H groups in total. The van der Waals surface area contributed by atoms with Crippen LogP contribution < -0.4 is 5.32 Å². The van der Waals surface area contributed by atoms with Gasteiger partial charge >= 0.3 is 0 Å². The lowest BCUT2D eigenvalue weighted by molar-refractivity contribution is 0.183. The molecule has 3 heterocycles. The number of aromatic nitrogens is 2. The van der Waals surface area contributed by atoms with Gasteiger partial charge in [-0.25, -0.2) is 4.98 Å². The lowest BCUT2D eigenvalue weighted by atomic mass is 9.72. The summed E-state index contributed by atoms with van der Waals surface area (Å²) in [4.78, 5) is 7.77. The average Bonchev–Trinajstić information content (AvgIpc) is 3.02. The second-order valence-corrected chi connectivity index (χ2v) is 10.2. The van der Waals surface area contributed by atoms with Crippen molar-refractivity contribution in [3.05, 3.63) is 41.2 Å². The number of piperidine rings is 1. The minimum absolute atomic E-state index is 0.379. The van der Waals surface area contributed by atoms with Gasteiger partial charge in [-0.05, 0) is 56.6 Å². The molecule has 29 heavy (non-hydrogen) atoms. The van der Waals surface area contributed by atoms with Crippen LogP contribution in [0.4, 0.5) is 0 Å². The topological polar surface area (TPSA) is 33.1 Å². The minimum Gasteiger partial charge on any atom is -0.324 e. The van der Waals surface area contributed by atoms with Crippen LogP contribution in [-0.4, -0.2) is 47.2 Å². The van der Waals surface area contributed by atoms with Crippen LogP contribution in [-0.2, 0) is 0 Å². The van der Waals surface area contributed by atoms with Gasteiger partial charge in [-0.1, -0.05) is 37.1 Å². The Hall–Kier alpha value is -1.65. The number of rotatable bonds is 4. The van der Waals surface area contributed by atoms with Crippen LogP contribution in [0.15, 0.2) is 35.4 Å². The van der Waals surface area contributed by atoms with Crippen molar-refractivity contribution in [1.82, 2.24) is 19.8 Å². The summed E-state index contributed by atoms with van der Waals surface area (Å²) < 4.78 is 2.60. The Morgan fingerprint density at radius 1 is 1.14 bits per heavy atom. The van der Waals surface area contributed by atoms with Crippen molar-refractivity contribution in [3.8, 4) is 0 Å². The molecule has 0 spiro atoms. The molecule has 2 aliphatic heterocycles. The molecule has 0 radical (unpaired) electrons. The van der Waals surface area contributed by atoms with Crippen molar-refractivity contribution in [2.24, 2.45) is 5.41 Å². The Kier molecular flexibility index (Phi) is 5.03. The summed E-state index contributed by atoms with van der Waals surface area (Å²) in [5.74, 6) is 1.90. The van der Waals surface area contributed by atoms with Crippen molar-refractivity contribution in [3.63, 3.8) is 0 Å². The van der Waals surface area contributed by atoms with Gasteiger partial charge in [-0.15, -0.1) is 0 Å². The lowest BCUT2D eigenvalue weighted by Crippen LogP contribution is -2.43. The summed E-state index contributed by atoms with van der Waals surface area (Å²) >= 11 is 0. The fourth-order valence-corrected chi connectivity index (χ4v) is 5.79. The molecular weight excluding hydrogens is 356 g/mol. The number of hydrogen-bond acceptors (Lipinski definition) is 3. The molecule has 2 aromatic rings. The Bertz CT molecular complexity index is 910. The van der Waals surface area contributed by atoms with Crippen LogP contribution in [0.25, 0.3) is 11.0 Å². The monoisotopic (exact) mass is 392 g/mol. The zero-order valence-electron chi connectivity index (χ0n) is 18.4. The van der Waals surface area contributed by atoms with E-state index in [0.29, 0.717) is 17.4 Å². The van der Waals surface area contributed by atoms with Crippen molar-refractivity contribution in [1.29, 1.82) is 0 Å². The predicted molar refractivity (Wildman–Crippen MR) is 120 cm³/mol. The molecule has 2 saturated heterocycles. The third-order valence-electron chi connectivity index (χ3n) is 7.76.